The van der Waals surface area contributed by atoms with Crippen LogP contribution in [0.2, 0.25) is 0 Å². The summed E-state index contributed by atoms with van der Waals surface area (Å²) in [7, 11) is 1.65. The molecule has 3 aromatic rings. The van der Waals surface area contributed by atoms with Crippen molar-refractivity contribution in [2.45, 2.75) is 37.1 Å². The van der Waals surface area contributed by atoms with E-state index in [4.69, 9.17) is 10.7 Å². The lowest BCUT2D eigenvalue weighted by Gasteiger charge is -2.40. The number of thiophene rings is 1. The quantitative estimate of drug-likeness (QED) is 0.652. The minimum atomic E-state index is -0.900. The zero-order chi connectivity index (χ0) is 21.8. The molecule has 2 atom stereocenters. The molecular formula is C24H23FN4OS. The number of likely N-dealkylation sites (N-methyl/N-ethyl adjacent to an activating group) is 1. The van der Waals surface area contributed by atoms with E-state index < -0.39 is 11.5 Å². The molecule has 0 spiro atoms. The summed E-state index contributed by atoms with van der Waals surface area (Å²) in [5.74, 6) is -0.192. The molecule has 7 heteroatoms. The summed E-state index contributed by atoms with van der Waals surface area (Å²) in [6.07, 6.45) is 4.02. The number of aliphatic imine (C=N–C) groups is 1. The first-order chi connectivity index (χ1) is 14.9. The Hall–Kier alpha value is -3.06. The summed E-state index contributed by atoms with van der Waals surface area (Å²) in [4.78, 5) is 24.6. The summed E-state index contributed by atoms with van der Waals surface area (Å²) in [5.41, 5.74) is 8.40. The zero-order valence-electron chi connectivity index (χ0n) is 17.4. The van der Waals surface area contributed by atoms with Gasteiger partial charge in [0.05, 0.1) is 5.92 Å². The lowest BCUT2D eigenvalue weighted by Crippen LogP contribution is -2.52. The number of aromatic nitrogens is 1. The number of halogens is 1. The van der Waals surface area contributed by atoms with Crippen molar-refractivity contribution in [3.63, 3.8) is 0 Å². The van der Waals surface area contributed by atoms with Gasteiger partial charge in [-0.2, -0.15) is 0 Å². The first kappa shape index (κ1) is 19.9. The van der Waals surface area contributed by atoms with Gasteiger partial charge in [0.15, 0.2) is 5.96 Å². The van der Waals surface area contributed by atoms with Crippen LogP contribution in [0, 0.1) is 5.82 Å². The Balaban J connectivity index is 1.60. The molecule has 1 saturated carbocycles. The highest BCUT2D eigenvalue weighted by molar-refractivity contribution is 7.10. The smallest absolute Gasteiger partial charge is 0.239 e. The largest absolute Gasteiger partial charge is 0.369 e. The molecule has 3 heterocycles. The van der Waals surface area contributed by atoms with E-state index in [9.17, 15) is 9.18 Å². The molecule has 2 aliphatic rings. The SMILES string of the molecule is CN1C(=O)[C@@H](c2ccc(C3CC3)cc2)[C@@](C)(c2cc(-c3ncccc3F)cs2)N=C1N. The highest BCUT2D eigenvalue weighted by Crippen LogP contribution is 2.47. The maximum Gasteiger partial charge on any atom is 0.239 e. The van der Waals surface area contributed by atoms with Crippen LogP contribution in [0.3, 0.4) is 0 Å². The number of hydrogen-bond acceptors (Lipinski definition) is 5. The van der Waals surface area contributed by atoms with Crippen molar-refractivity contribution < 1.29 is 9.18 Å². The van der Waals surface area contributed by atoms with Crippen molar-refractivity contribution in [3.05, 3.63) is 75.9 Å². The van der Waals surface area contributed by atoms with Crippen LogP contribution >= 0.6 is 11.3 Å². The van der Waals surface area contributed by atoms with Gasteiger partial charge >= 0.3 is 0 Å². The van der Waals surface area contributed by atoms with Crippen molar-refractivity contribution in [2.75, 3.05) is 7.05 Å². The first-order valence-corrected chi connectivity index (χ1v) is 11.2. The van der Waals surface area contributed by atoms with Gasteiger partial charge < -0.3 is 5.73 Å². The number of carbonyl (C=O) groups excluding carboxylic acids is 1. The molecule has 158 valence electrons. The van der Waals surface area contributed by atoms with Gasteiger partial charge in [0, 0.05) is 29.1 Å². The van der Waals surface area contributed by atoms with Gasteiger partial charge in [-0.3, -0.25) is 14.7 Å². The Morgan fingerprint density at radius 1 is 1.19 bits per heavy atom. The normalized spacial score (nSPS) is 23.7. The topological polar surface area (TPSA) is 71.6 Å². The number of pyridine rings is 1. The first-order valence-electron chi connectivity index (χ1n) is 10.3. The van der Waals surface area contributed by atoms with Crippen LogP contribution in [0.1, 0.15) is 47.6 Å². The second kappa shape index (κ2) is 7.27. The number of nitrogens with zero attached hydrogens (tertiary/aromatic N) is 3. The average molecular weight is 435 g/mol. The Morgan fingerprint density at radius 2 is 1.90 bits per heavy atom. The number of amides is 1. The molecular weight excluding hydrogens is 411 g/mol. The van der Waals surface area contributed by atoms with Crippen LogP contribution in [0.4, 0.5) is 4.39 Å². The van der Waals surface area contributed by atoms with Gasteiger partial charge in [-0.25, -0.2) is 9.38 Å². The highest BCUT2D eigenvalue weighted by atomic mass is 32.1. The van der Waals surface area contributed by atoms with E-state index in [1.165, 1.54) is 40.7 Å². The zero-order valence-corrected chi connectivity index (χ0v) is 18.2. The molecule has 1 amide bonds. The van der Waals surface area contributed by atoms with Crippen molar-refractivity contribution in [3.8, 4) is 11.3 Å². The van der Waals surface area contributed by atoms with Gasteiger partial charge in [-0.05, 0) is 55.0 Å². The fourth-order valence-electron chi connectivity index (χ4n) is 4.29. The fourth-order valence-corrected chi connectivity index (χ4v) is 5.32. The third-order valence-corrected chi connectivity index (χ3v) is 7.44. The Morgan fingerprint density at radius 3 is 2.58 bits per heavy atom. The second-order valence-corrected chi connectivity index (χ2v) is 9.33. The molecule has 0 radical (unpaired) electrons. The van der Waals surface area contributed by atoms with Gasteiger partial charge in [-0.15, -0.1) is 11.3 Å². The third-order valence-electron chi connectivity index (χ3n) is 6.28. The molecule has 0 bridgehead atoms. The number of hydrogen-bond donors (Lipinski definition) is 1. The van der Waals surface area contributed by atoms with Crippen LogP contribution in [0.15, 0.2) is 59.0 Å². The van der Waals surface area contributed by atoms with Crippen LogP contribution in [0.5, 0.6) is 0 Å². The molecule has 1 aliphatic carbocycles. The maximum atomic E-state index is 14.3. The van der Waals surface area contributed by atoms with E-state index in [1.807, 2.05) is 30.5 Å². The molecule has 0 unspecified atom stereocenters. The van der Waals surface area contributed by atoms with Crippen molar-refractivity contribution in [1.82, 2.24) is 9.88 Å². The second-order valence-electron chi connectivity index (χ2n) is 8.42. The molecule has 5 nitrogen and oxygen atoms in total. The maximum absolute atomic E-state index is 14.3. The van der Waals surface area contributed by atoms with Gasteiger partial charge in [0.25, 0.3) is 0 Å². The molecule has 2 aromatic heterocycles. The lowest BCUT2D eigenvalue weighted by molar-refractivity contribution is -0.130. The Bertz CT molecular complexity index is 1180. The van der Waals surface area contributed by atoms with Crippen LogP contribution in [-0.2, 0) is 10.3 Å². The van der Waals surface area contributed by atoms with E-state index in [2.05, 4.69) is 17.1 Å². The summed E-state index contributed by atoms with van der Waals surface area (Å²) in [6.45, 7) is 1.93. The Kier molecular flexibility index (Phi) is 4.66. The summed E-state index contributed by atoms with van der Waals surface area (Å²) < 4.78 is 14.3. The van der Waals surface area contributed by atoms with E-state index in [1.54, 1.807) is 19.3 Å². The number of rotatable bonds is 4. The number of benzene rings is 1. The van der Waals surface area contributed by atoms with Crippen molar-refractivity contribution in [2.24, 2.45) is 10.7 Å². The lowest BCUT2D eigenvalue weighted by atomic mass is 9.77. The molecule has 31 heavy (non-hydrogen) atoms. The number of carbonyl (C=O) groups is 1. The number of nitrogens with two attached hydrogens (primary N) is 1. The van der Waals surface area contributed by atoms with Gasteiger partial charge in [-0.1, -0.05) is 24.3 Å². The molecule has 1 aromatic carbocycles. The van der Waals surface area contributed by atoms with Crippen LogP contribution in [0.25, 0.3) is 11.3 Å². The minimum absolute atomic E-state index is 0.104. The Labute approximate surface area is 184 Å². The summed E-state index contributed by atoms with van der Waals surface area (Å²) in [5, 5.41) is 1.85. The van der Waals surface area contributed by atoms with Gasteiger partial charge in [0.1, 0.15) is 17.1 Å². The summed E-state index contributed by atoms with van der Waals surface area (Å²) >= 11 is 1.44. The molecule has 2 N–H and O–H groups in total. The molecule has 1 fully saturated rings. The van der Waals surface area contributed by atoms with Crippen LogP contribution < -0.4 is 5.73 Å². The van der Waals surface area contributed by atoms with E-state index >= 15 is 0 Å². The third kappa shape index (κ3) is 3.33. The fraction of sp³-hybridized carbons (Fsp3) is 0.292. The van der Waals surface area contributed by atoms with Crippen molar-refractivity contribution >= 4 is 23.2 Å². The summed E-state index contributed by atoms with van der Waals surface area (Å²) in [6, 6.07) is 13.1. The minimum Gasteiger partial charge on any atom is -0.369 e. The monoisotopic (exact) mass is 434 g/mol. The van der Waals surface area contributed by atoms with Crippen molar-refractivity contribution in [1.29, 1.82) is 0 Å². The van der Waals surface area contributed by atoms with E-state index in [0.29, 0.717) is 11.5 Å². The number of guanidine groups is 1. The average Bonchev–Trinajstić information content (AvgIpc) is 3.49. The van der Waals surface area contributed by atoms with E-state index in [-0.39, 0.29) is 23.4 Å². The van der Waals surface area contributed by atoms with Gasteiger partial charge in [0.2, 0.25) is 5.91 Å². The predicted molar refractivity (Wildman–Crippen MR) is 120 cm³/mol. The molecule has 1 aliphatic heterocycles. The molecule has 5 rings (SSSR count). The molecule has 0 saturated heterocycles. The van der Waals surface area contributed by atoms with Crippen LogP contribution in [-0.4, -0.2) is 28.8 Å². The standard InChI is InChI=1S/C24H23FN4OS/c1-24(19-12-17(13-31-19)21-18(25)4-3-11-27-21)20(22(30)29(2)23(26)28-24)16-9-7-15(8-10-16)14-5-6-14/h3-4,7-14,20H,5-6H2,1-2H3,(H2,26,28)/t20-,24-/m1/s1. The predicted octanol–water partition coefficient (Wildman–Crippen LogP) is 4.61. The highest BCUT2D eigenvalue weighted by Gasteiger charge is 2.48. The van der Waals surface area contributed by atoms with E-state index in [0.717, 1.165) is 10.4 Å².